The van der Waals surface area contributed by atoms with Gasteiger partial charge in [-0.2, -0.15) is 0 Å². The Labute approximate surface area is 93.2 Å². The smallest absolute Gasteiger partial charge is 0.243 e. The standard InChI is InChI=1S/C12H13N4/c1-15-6-7-16(9-15)8-12-13-10-4-2-3-5-11(10)14-12/h2-7,9H,8H2,1H3,(H,13,14)/q+1. The molecule has 0 amide bonds. The number of nitrogens with zero attached hydrogens (tertiary/aromatic N) is 3. The summed E-state index contributed by atoms with van der Waals surface area (Å²) in [4.78, 5) is 7.84. The molecule has 2 heterocycles. The van der Waals surface area contributed by atoms with Crippen LogP contribution in [-0.2, 0) is 13.6 Å². The molecule has 1 aromatic carbocycles. The van der Waals surface area contributed by atoms with Crippen molar-refractivity contribution in [2.75, 3.05) is 0 Å². The highest BCUT2D eigenvalue weighted by molar-refractivity contribution is 5.74. The Morgan fingerprint density at radius 3 is 3.00 bits per heavy atom. The van der Waals surface area contributed by atoms with Gasteiger partial charge in [-0.15, -0.1) is 0 Å². The van der Waals surface area contributed by atoms with Crippen LogP contribution in [0.15, 0.2) is 43.0 Å². The Kier molecular flexibility index (Phi) is 1.99. The fourth-order valence-electron chi connectivity index (χ4n) is 1.85. The van der Waals surface area contributed by atoms with Gasteiger partial charge in [-0.3, -0.25) is 0 Å². The van der Waals surface area contributed by atoms with Crippen LogP contribution in [0.4, 0.5) is 0 Å². The number of aryl methyl sites for hydroxylation is 1. The van der Waals surface area contributed by atoms with E-state index in [1.54, 1.807) is 0 Å². The monoisotopic (exact) mass is 213 g/mol. The summed E-state index contributed by atoms with van der Waals surface area (Å²) < 4.78 is 4.11. The van der Waals surface area contributed by atoms with Crippen LogP contribution >= 0.6 is 0 Å². The van der Waals surface area contributed by atoms with E-state index in [-0.39, 0.29) is 0 Å². The Morgan fingerprint density at radius 1 is 1.38 bits per heavy atom. The molecule has 2 aromatic heterocycles. The summed E-state index contributed by atoms with van der Waals surface area (Å²) in [6, 6.07) is 8.08. The first-order valence-corrected chi connectivity index (χ1v) is 5.26. The second-order valence-corrected chi connectivity index (χ2v) is 3.95. The van der Waals surface area contributed by atoms with E-state index < -0.39 is 0 Å². The minimum absolute atomic E-state index is 0.773. The highest BCUT2D eigenvalue weighted by Crippen LogP contribution is 2.10. The predicted molar refractivity (Wildman–Crippen MR) is 60.8 cm³/mol. The van der Waals surface area contributed by atoms with Crippen molar-refractivity contribution in [3.8, 4) is 0 Å². The van der Waals surface area contributed by atoms with E-state index in [9.17, 15) is 0 Å². The Morgan fingerprint density at radius 2 is 2.25 bits per heavy atom. The highest BCUT2D eigenvalue weighted by Gasteiger charge is 2.06. The van der Waals surface area contributed by atoms with E-state index in [2.05, 4.69) is 14.5 Å². The number of para-hydroxylation sites is 2. The third kappa shape index (κ3) is 1.58. The lowest BCUT2D eigenvalue weighted by molar-refractivity contribution is -0.671. The van der Waals surface area contributed by atoms with Crippen molar-refractivity contribution in [2.45, 2.75) is 6.54 Å². The van der Waals surface area contributed by atoms with Gasteiger partial charge >= 0.3 is 0 Å². The quantitative estimate of drug-likeness (QED) is 0.639. The molecular weight excluding hydrogens is 200 g/mol. The molecule has 0 fully saturated rings. The summed E-state index contributed by atoms with van der Waals surface area (Å²) >= 11 is 0. The molecular formula is C12H13N4+. The van der Waals surface area contributed by atoms with Crippen LogP contribution in [0, 0.1) is 0 Å². The third-order valence-corrected chi connectivity index (χ3v) is 2.59. The SMILES string of the molecule is C[n+]1ccn(Cc2nc3ccccc3[nH]2)c1. The first-order valence-electron chi connectivity index (χ1n) is 5.26. The predicted octanol–water partition coefficient (Wildman–Crippen LogP) is 1.24. The second kappa shape index (κ2) is 3.48. The summed E-state index contributed by atoms with van der Waals surface area (Å²) in [6.07, 6.45) is 6.09. The summed E-state index contributed by atoms with van der Waals surface area (Å²) in [7, 11) is 2.01. The normalized spacial score (nSPS) is 11.1. The number of nitrogens with one attached hydrogen (secondary N) is 1. The number of benzene rings is 1. The van der Waals surface area contributed by atoms with Crippen LogP contribution in [0.3, 0.4) is 0 Å². The number of rotatable bonds is 2. The zero-order chi connectivity index (χ0) is 11.0. The molecule has 0 unspecified atom stereocenters. The van der Waals surface area contributed by atoms with Gasteiger partial charge in [-0.05, 0) is 12.1 Å². The number of H-pyrrole nitrogens is 1. The second-order valence-electron chi connectivity index (χ2n) is 3.95. The molecule has 1 N–H and O–H groups in total. The number of hydrogen-bond acceptors (Lipinski definition) is 1. The van der Waals surface area contributed by atoms with Gasteiger partial charge in [0.15, 0.2) is 0 Å². The molecule has 0 aliphatic heterocycles. The van der Waals surface area contributed by atoms with Crippen LogP contribution in [0.2, 0.25) is 0 Å². The molecule has 0 atom stereocenters. The summed E-state index contributed by atoms with van der Waals surface area (Å²) in [5.74, 6) is 0.984. The van der Waals surface area contributed by atoms with Crippen LogP contribution in [-0.4, -0.2) is 14.5 Å². The number of hydrogen-bond donors (Lipinski definition) is 1. The average Bonchev–Trinajstić information content (AvgIpc) is 2.84. The molecule has 0 saturated heterocycles. The van der Waals surface area contributed by atoms with E-state index in [0.29, 0.717) is 0 Å². The number of imidazole rings is 2. The van der Waals surface area contributed by atoms with Gasteiger partial charge in [-0.1, -0.05) is 12.1 Å². The molecule has 0 spiro atoms. The van der Waals surface area contributed by atoms with Gasteiger partial charge < -0.3 is 4.98 Å². The van der Waals surface area contributed by atoms with Crippen molar-refractivity contribution < 1.29 is 4.57 Å². The molecule has 0 saturated carbocycles. The maximum Gasteiger partial charge on any atom is 0.243 e. The maximum absolute atomic E-state index is 4.53. The summed E-state index contributed by atoms with van der Waals surface area (Å²) in [6.45, 7) is 0.773. The number of aromatic amines is 1. The van der Waals surface area contributed by atoms with Crippen molar-refractivity contribution in [1.29, 1.82) is 0 Å². The van der Waals surface area contributed by atoms with Crippen LogP contribution < -0.4 is 4.57 Å². The fraction of sp³-hybridized carbons (Fsp3) is 0.167. The van der Waals surface area contributed by atoms with Crippen molar-refractivity contribution in [3.05, 3.63) is 48.8 Å². The first kappa shape index (κ1) is 9.15. The lowest BCUT2D eigenvalue weighted by Gasteiger charge is -1.90. The summed E-state index contributed by atoms with van der Waals surface area (Å²) in [5, 5.41) is 0. The zero-order valence-corrected chi connectivity index (χ0v) is 9.09. The fourth-order valence-corrected chi connectivity index (χ4v) is 1.85. The van der Waals surface area contributed by atoms with Crippen LogP contribution in [0.1, 0.15) is 5.82 Å². The van der Waals surface area contributed by atoms with Crippen molar-refractivity contribution in [3.63, 3.8) is 0 Å². The molecule has 0 radical (unpaired) electrons. The van der Waals surface area contributed by atoms with Crippen molar-refractivity contribution >= 4 is 11.0 Å². The Balaban J connectivity index is 1.95. The molecule has 4 nitrogen and oxygen atoms in total. The molecule has 80 valence electrons. The number of aromatic nitrogens is 4. The molecule has 4 heteroatoms. The molecule has 3 rings (SSSR count). The summed E-state index contributed by atoms with van der Waals surface area (Å²) in [5.41, 5.74) is 2.11. The number of fused-ring (bicyclic) bond motifs is 1. The Bertz CT molecular complexity index is 588. The van der Waals surface area contributed by atoms with Crippen LogP contribution in [0.5, 0.6) is 0 Å². The van der Waals surface area contributed by atoms with E-state index in [4.69, 9.17) is 0 Å². The topological polar surface area (TPSA) is 37.5 Å². The van der Waals surface area contributed by atoms with E-state index in [1.807, 2.05) is 54.6 Å². The molecule has 0 aliphatic rings. The van der Waals surface area contributed by atoms with Crippen LogP contribution in [0.25, 0.3) is 11.0 Å². The lowest BCUT2D eigenvalue weighted by atomic mass is 10.3. The minimum atomic E-state index is 0.773. The van der Waals surface area contributed by atoms with Gasteiger partial charge in [0, 0.05) is 0 Å². The van der Waals surface area contributed by atoms with Gasteiger partial charge in [0.25, 0.3) is 0 Å². The molecule has 0 bridgehead atoms. The van der Waals surface area contributed by atoms with Gasteiger partial charge in [0.1, 0.15) is 24.8 Å². The van der Waals surface area contributed by atoms with Gasteiger partial charge in [-0.25, -0.2) is 14.1 Å². The van der Waals surface area contributed by atoms with Gasteiger partial charge in [0.2, 0.25) is 6.33 Å². The molecule has 0 aliphatic carbocycles. The minimum Gasteiger partial charge on any atom is -0.339 e. The van der Waals surface area contributed by atoms with Gasteiger partial charge in [0.05, 0.1) is 18.1 Å². The molecule has 16 heavy (non-hydrogen) atoms. The largest absolute Gasteiger partial charge is 0.339 e. The Hall–Kier alpha value is -2.10. The van der Waals surface area contributed by atoms with Crippen molar-refractivity contribution in [1.82, 2.24) is 14.5 Å². The highest BCUT2D eigenvalue weighted by atomic mass is 15.1. The average molecular weight is 213 g/mol. The van der Waals surface area contributed by atoms with Crippen molar-refractivity contribution in [2.24, 2.45) is 7.05 Å². The van der Waals surface area contributed by atoms with E-state index in [1.165, 1.54) is 0 Å². The zero-order valence-electron chi connectivity index (χ0n) is 9.09. The van der Waals surface area contributed by atoms with E-state index >= 15 is 0 Å². The molecule has 3 aromatic rings. The third-order valence-electron chi connectivity index (χ3n) is 2.59. The lowest BCUT2D eigenvalue weighted by Crippen LogP contribution is -2.23. The van der Waals surface area contributed by atoms with E-state index in [0.717, 1.165) is 23.4 Å². The first-order chi connectivity index (χ1) is 7.81. The maximum atomic E-state index is 4.53.